The first-order valence-electron chi connectivity index (χ1n) is 7.32. The lowest BCUT2D eigenvalue weighted by molar-refractivity contribution is 0.291. The number of rotatable bonds is 5. The highest BCUT2D eigenvalue weighted by molar-refractivity contribution is 7.89. The molecule has 1 aliphatic rings. The fraction of sp³-hybridized carbons (Fsp3) is 0.600. The second-order valence-corrected chi connectivity index (χ2v) is 8.33. The molecule has 0 fully saturated rings. The Hall–Kier alpha value is -1.31. The minimum Gasteiger partial charge on any atom is -0.490 e. The van der Waals surface area contributed by atoms with Gasteiger partial charge in [0.15, 0.2) is 11.5 Å². The molecule has 0 spiro atoms. The minimum atomic E-state index is -3.59. The lowest BCUT2D eigenvalue weighted by Gasteiger charge is -2.28. The van der Waals surface area contributed by atoms with Crippen molar-refractivity contribution in [2.45, 2.75) is 25.2 Å². The zero-order chi connectivity index (χ0) is 16.4. The summed E-state index contributed by atoms with van der Waals surface area (Å²) in [6, 6.07) is 4.73. The Morgan fingerprint density at radius 1 is 1.23 bits per heavy atom. The highest BCUT2D eigenvalue weighted by Crippen LogP contribution is 2.33. The van der Waals surface area contributed by atoms with Crippen LogP contribution in [0.5, 0.6) is 11.5 Å². The topological polar surface area (TPSA) is 81.9 Å². The molecule has 2 N–H and O–H groups in total. The fourth-order valence-corrected chi connectivity index (χ4v) is 3.61. The summed E-state index contributed by atoms with van der Waals surface area (Å²) in [5.74, 6) is 1.06. The van der Waals surface area contributed by atoms with Gasteiger partial charge in [0.2, 0.25) is 10.0 Å². The van der Waals surface area contributed by atoms with E-state index in [2.05, 4.69) is 0 Å². The van der Waals surface area contributed by atoms with Crippen LogP contribution in [0, 0.1) is 5.41 Å². The zero-order valence-electron chi connectivity index (χ0n) is 13.3. The molecule has 0 saturated carbocycles. The predicted octanol–water partition coefficient (Wildman–Crippen LogP) is 1.45. The maximum absolute atomic E-state index is 12.7. The van der Waals surface area contributed by atoms with E-state index in [-0.39, 0.29) is 10.3 Å². The van der Waals surface area contributed by atoms with Crippen LogP contribution in [-0.2, 0) is 10.0 Å². The van der Waals surface area contributed by atoms with E-state index >= 15 is 0 Å². The molecule has 0 unspecified atom stereocenters. The van der Waals surface area contributed by atoms with E-state index in [4.69, 9.17) is 15.2 Å². The second kappa shape index (κ2) is 6.44. The Morgan fingerprint density at radius 2 is 1.86 bits per heavy atom. The van der Waals surface area contributed by atoms with Gasteiger partial charge in [-0.25, -0.2) is 12.7 Å². The molecule has 0 bridgehead atoms. The molecule has 0 aliphatic carbocycles. The Labute approximate surface area is 132 Å². The molecule has 0 saturated heterocycles. The molecule has 2 rings (SSSR count). The number of nitrogens with zero attached hydrogens (tertiary/aromatic N) is 1. The first-order valence-corrected chi connectivity index (χ1v) is 8.76. The molecule has 0 aromatic heterocycles. The third kappa shape index (κ3) is 3.71. The number of fused-ring (bicyclic) bond motifs is 1. The third-order valence-corrected chi connectivity index (χ3v) is 5.43. The van der Waals surface area contributed by atoms with E-state index in [1.165, 1.54) is 10.4 Å². The van der Waals surface area contributed by atoms with Gasteiger partial charge in [0.05, 0.1) is 18.1 Å². The van der Waals surface area contributed by atoms with Gasteiger partial charge in [-0.15, -0.1) is 0 Å². The van der Waals surface area contributed by atoms with Crippen LogP contribution in [0.15, 0.2) is 23.1 Å². The third-order valence-electron chi connectivity index (χ3n) is 3.63. The maximum Gasteiger partial charge on any atom is 0.242 e. The summed E-state index contributed by atoms with van der Waals surface area (Å²) in [4.78, 5) is 0.201. The first kappa shape index (κ1) is 17.1. The van der Waals surface area contributed by atoms with Gasteiger partial charge in [0.25, 0.3) is 0 Å². The summed E-state index contributed by atoms with van der Waals surface area (Å²) in [6.07, 6.45) is 0.779. The Kier molecular flexibility index (Phi) is 4.99. The van der Waals surface area contributed by atoms with Crippen LogP contribution in [0.2, 0.25) is 0 Å². The number of benzene rings is 1. The van der Waals surface area contributed by atoms with Gasteiger partial charge in [-0.1, -0.05) is 13.8 Å². The summed E-state index contributed by atoms with van der Waals surface area (Å²) >= 11 is 0. The molecule has 0 amide bonds. The SMILES string of the molecule is CN(CC(C)(C)CN)S(=O)(=O)c1ccc2c(c1)OCCCO2. The van der Waals surface area contributed by atoms with Crippen LogP contribution in [0.1, 0.15) is 20.3 Å². The maximum atomic E-state index is 12.7. The van der Waals surface area contributed by atoms with E-state index in [0.717, 1.165) is 6.42 Å². The van der Waals surface area contributed by atoms with Crippen molar-refractivity contribution in [1.82, 2.24) is 4.31 Å². The molecule has 1 aromatic rings. The number of hydrogen-bond acceptors (Lipinski definition) is 5. The number of ether oxygens (including phenoxy) is 2. The predicted molar refractivity (Wildman–Crippen MR) is 84.7 cm³/mol. The van der Waals surface area contributed by atoms with Gasteiger partial charge >= 0.3 is 0 Å². The van der Waals surface area contributed by atoms with Gasteiger partial charge in [-0.3, -0.25) is 0 Å². The van der Waals surface area contributed by atoms with Crippen molar-refractivity contribution in [3.05, 3.63) is 18.2 Å². The number of nitrogens with two attached hydrogens (primary N) is 1. The summed E-state index contributed by atoms with van der Waals surface area (Å²) in [6.45, 7) is 5.73. The van der Waals surface area contributed by atoms with E-state index in [9.17, 15) is 8.42 Å². The summed E-state index contributed by atoms with van der Waals surface area (Å²) in [7, 11) is -2.02. The van der Waals surface area contributed by atoms with Crippen LogP contribution >= 0.6 is 0 Å². The molecule has 1 aromatic carbocycles. The zero-order valence-corrected chi connectivity index (χ0v) is 14.1. The average Bonchev–Trinajstić information content (AvgIpc) is 2.71. The monoisotopic (exact) mass is 328 g/mol. The quantitative estimate of drug-likeness (QED) is 0.885. The highest BCUT2D eigenvalue weighted by atomic mass is 32.2. The molecule has 0 atom stereocenters. The molecule has 1 heterocycles. The lowest BCUT2D eigenvalue weighted by atomic mass is 9.94. The highest BCUT2D eigenvalue weighted by Gasteiger charge is 2.28. The van der Waals surface area contributed by atoms with Crippen molar-refractivity contribution < 1.29 is 17.9 Å². The van der Waals surface area contributed by atoms with E-state index < -0.39 is 10.0 Å². The first-order chi connectivity index (χ1) is 10.3. The molecule has 7 heteroatoms. The Bertz CT molecular complexity index is 628. The van der Waals surface area contributed by atoms with Crippen molar-refractivity contribution in [3.8, 4) is 11.5 Å². The average molecular weight is 328 g/mol. The lowest BCUT2D eigenvalue weighted by Crippen LogP contribution is -2.39. The van der Waals surface area contributed by atoms with Gasteiger partial charge in [0.1, 0.15) is 0 Å². The van der Waals surface area contributed by atoms with Crippen LogP contribution in [0.4, 0.5) is 0 Å². The molecule has 22 heavy (non-hydrogen) atoms. The summed E-state index contributed by atoms with van der Waals surface area (Å²) in [5, 5.41) is 0. The van der Waals surface area contributed by atoms with E-state index in [1.54, 1.807) is 19.2 Å². The molecule has 0 radical (unpaired) electrons. The smallest absolute Gasteiger partial charge is 0.242 e. The van der Waals surface area contributed by atoms with Gasteiger partial charge in [-0.2, -0.15) is 0 Å². The molecule has 1 aliphatic heterocycles. The van der Waals surface area contributed by atoms with Crippen LogP contribution in [0.3, 0.4) is 0 Å². The van der Waals surface area contributed by atoms with Crippen molar-refractivity contribution in [2.24, 2.45) is 11.1 Å². The Morgan fingerprint density at radius 3 is 2.50 bits per heavy atom. The molecule has 124 valence electrons. The van der Waals surface area contributed by atoms with Crippen molar-refractivity contribution in [3.63, 3.8) is 0 Å². The largest absolute Gasteiger partial charge is 0.490 e. The Balaban J connectivity index is 2.28. The van der Waals surface area contributed by atoms with Crippen LogP contribution in [-0.4, -0.2) is 46.1 Å². The summed E-state index contributed by atoms with van der Waals surface area (Å²) < 4.78 is 37.8. The summed E-state index contributed by atoms with van der Waals surface area (Å²) in [5.41, 5.74) is 5.40. The second-order valence-electron chi connectivity index (χ2n) is 6.29. The van der Waals surface area contributed by atoms with Crippen molar-refractivity contribution in [2.75, 3.05) is 33.4 Å². The van der Waals surface area contributed by atoms with Gasteiger partial charge in [-0.05, 0) is 24.1 Å². The van der Waals surface area contributed by atoms with E-state index in [1.807, 2.05) is 13.8 Å². The normalized spacial score (nSPS) is 15.7. The number of hydrogen-bond donors (Lipinski definition) is 1. The standard InChI is InChI=1S/C15H24N2O4S/c1-15(2,10-16)11-17(3)22(18,19)12-5-6-13-14(9-12)21-8-4-7-20-13/h5-6,9H,4,7-8,10-11,16H2,1-3H3. The molecule has 6 nitrogen and oxygen atoms in total. The molecular weight excluding hydrogens is 304 g/mol. The van der Waals surface area contributed by atoms with Crippen molar-refractivity contribution in [1.29, 1.82) is 0 Å². The fourth-order valence-electron chi connectivity index (χ4n) is 2.24. The van der Waals surface area contributed by atoms with Crippen molar-refractivity contribution >= 4 is 10.0 Å². The number of sulfonamides is 1. The van der Waals surface area contributed by atoms with Crippen LogP contribution < -0.4 is 15.2 Å². The van der Waals surface area contributed by atoms with E-state index in [0.29, 0.717) is 37.8 Å². The molecular formula is C15H24N2O4S. The van der Waals surface area contributed by atoms with Crippen LogP contribution in [0.25, 0.3) is 0 Å². The van der Waals surface area contributed by atoms with Gasteiger partial charge < -0.3 is 15.2 Å². The minimum absolute atomic E-state index is 0.201. The van der Waals surface area contributed by atoms with Gasteiger partial charge in [0, 0.05) is 26.1 Å².